The van der Waals surface area contributed by atoms with E-state index in [-0.39, 0.29) is 5.46 Å². The first kappa shape index (κ1) is 15.2. The molecular weight excluding hydrogens is 272 g/mol. The molecule has 1 aliphatic rings. The van der Waals surface area contributed by atoms with Gasteiger partial charge < -0.3 is 14.4 Å². The molecule has 0 saturated carbocycles. The van der Waals surface area contributed by atoms with E-state index in [1.54, 1.807) is 0 Å². The van der Waals surface area contributed by atoms with Crippen molar-refractivity contribution in [3.63, 3.8) is 0 Å². The van der Waals surface area contributed by atoms with Crippen LogP contribution in [0.15, 0.2) is 18.2 Å². The van der Waals surface area contributed by atoms with Gasteiger partial charge in [-0.2, -0.15) is 13.2 Å². The Hall–Kier alpha value is -1.21. The molecule has 1 aliphatic heterocycles. The Bertz CT molecular complexity index is 510. The number of rotatable bonds is 1. The van der Waals surface area contributed by atoms with E-state index in [1.807, 2.05) is 27.7 Å². The molecule has 2 rings (SSSR count). The Morgan fingerprint density at radius 1 is 1.05 bits per heavy atom. The van der Waals surface area contributed by atoms with Crippen molar-refractivity contribution < 1.29 is 27.6 Å². The Morgan fingerprint density at radius 3 is 1.95 bits per heavy atom. The van der Waals surface area contributed by atoms with Crippen LogP contribution in [0.4, 0.5) is 13.2 Å². The molecule has 1 saturated heterocycles. The van der Waals surface area contributed by atoms with Crippen molar-refractivity contribution in [3.05, 3.63) is 23.8 Å². The van der Waals surface area contributed by atoms with Crippen molar-refractivity contribution in [2.75, 3.05) is 0 Å². The van der Waals surface area contributed by atoms with Crippen molar-refractivity contribution in [3.8, 4) is 5.75 Å². The first-order chi connectivity index (χ1) is 8.94. The minimum Gasteiger partial charge on any atom is -0.508 e. The van der Waals surface area contributed by atoms with Crippen LogP contribution in [0.3, 0.4) is 0 Å². The van der Waals surface area contributed by atoms with Gasteiger partial charge in [0.05, 0.1) is 16.8 Å². The highest BCUT2D eigenvalue weighted by Crippen LogP contribution is 2.37. The van der Waals surface area contributed by atoms with Gasteiger partial charge in [0, 0.05) is 5.46 Å². The number of benzene rings is 1. The summed E-state index contributed by atoms with van der Waals surface area (Å²) < 4.78 is 49.0. The molecule has 20 heavy (non-hydrogen) atoms. The average molecular weight is 288 g/mol. The summed E-state index contributed by atoms with van der Waals surface area (Å²) in [5.74, 6) is -0.488. The van der Waals surface area contributed by atoms with Gasteiger partial charge in [0.2, 0.25) is 0 Å². The Labute approximate surface area is 115 Å². The van der Waals surface area contributed by atoms with Crippen LogP contribution in [0.1, 0.15) is 33.3 Å². The highest BCUT2D eigenvalue weighted by molar-refractivity contribution is 6.63. The SMILES string of the molecule is CC1(C)OB(c2ccc(C(F)(F)F)cc2O)OC1(C)C. The van der Waals surface area contributed by atoms with Gasteiger partial charge in [0.1, 0.15) is 5.75 Å². The summed E-state index contributed by atoms with van der Waals surface area (Å²) in [6.45, 7) is 7.31. The molecule has 1 fully saturated rings. The standard InChI is InChI=1S/C13H16BF3O3/c1-11(2)12(3,4)20-14(19-11)9-6-5-8(7-10(9)18)13(15,16)17/h5-7,18H,1-4H3. The molecule has 1 N–H and O–H groups in total. The molecule has 0 unspecified atom stereocenters. The molecule has 1 aromatic rings. The Kier molecular flexibility index (Phi) is 3.34. The minimum atomic E-state index is -4.49. The predicted molar refractivity (Wildman–Crippen MR) is 68.8 cm³/mol. The molecule has 0 bridgehead atoms. The highest BCUT2D eigenvalue weighted by atomic mass is 19.4. The lowest BCUT2D eigenvalue weighted by atomic mass is 9.78. The van der Waals surface area contributed by atoms with Gasteiger partial charge in [0.25, 0.3) is 0 Å². The van der Waals surface area contributed by atoms with E-state index in [9.17, 15) is 18.3 Å². The van der Waals surface area contributed by atoms with E-state index in [0.717, 1.165) is 6.07 Å². The zero-order chi connectivity index (χ0) is 15.3. The maximum Gasteiger partial charge on any atom is 0.498 e. The number of phenols is 1. The highest BCUT2D eigenvalue weighted by Gasteiger charge is 2.52. The predicted octanol–water partition coefficient (Wildman–Crippen LogP) is 2.71. The van der Waals surface area contributed by atoms with Gasteiger partial charge in [-0.1, -0.05) is 12.1 Å². The fraction of sp³-hybridized carbons (Fsp3) is 0.538. The van der Waals surface area contributed by atoms with Crippen molar-refractivity contribution in [2.24, 2.45) is 0 Å². The topological polar surface area (TPSA) is 38.7 Å². The second-order valence-electron chi connectivity index (χ2n) is 5.86. The molecule has 0 amide bonds. The first-order valence-corrected chi connectivity index (χ1v) is 6.20. The van der Waals surface area contributed by atoms with Crippen LogP contribution in [-0.2, 0) is 15.5 Å². The normalized spacial score (nSPS) is 21.2. The summed E-state index contributed by atoms with van der Waals surface area (Å²) in [6, 6.07) is 2.76. The quantitative estimate of drug-likeness (QED) is 0.807. The third-order valence-corrected chi connectivity index (χ3v) is 3.86. The lowest BCUT2D eigenvalue weighted by molar-refractivity contribution is -0.137. The second kappa shape index (κ2) is 4.39. The van der Waals surface area contributed by atoms with Crippen molar-refractivity contribution >= 4 is 12.6 Å². The molecular formula is C13H16BF3O3. The van der Waals surface area contributed by atoms with Crippen LogP contribution in [0, 0.1) is 0 Å². The van der Waals surface area contributed by atoms with Gasteiger partial charge in [-0.15, -0.1) is 0 Å². The fourth-order valence-corrected chi connectivity index (χ4v) is 1.89. The summed E-state index contributed by atoms with van der Waals surface area (Å²) in [6.07, 6.45) is -4.49. The van der Waals surface area contributed by atoms with Gasteiger partial charge in [-0.3, -0.25) is 0 Å². The lowest BCUT2D eigenvalue weighted by Crippen LogP contribution is -2.41. The van der Waals surface area contributed by atoms with Gasteiger partial charge in [-0.25, -0.2) is 0 Å². The average Bonchev–Trinajstić information content (AvgIpc) is 2.46. The number of aromatic hydroxyl groups is 1. The van der Waals surface area contributed by atoms with Gasteiger partial charge >= 0.3 is 13.3 Å². The zero-order valence-electron chi connectivity index (χ0n) is 11.7. The van der Waals surface area contributed by atoms with Crippen LogP contribution in [0.2, 0.25) is 0 Å². The molecule has 0 aromatic heterocycles. The molecule has 110 valence electrons. The van der Waals surface area contributed by atoms with Crippen LogP contribution >= 0.6 is 0 Å². The Morgan fingerprint density at radius 2 is 1.55 bits per heavy atom. The summed E-state index contributed by atoms with van der Waals surface area (Å²) in [5, 5.41) is 9.80. The van der Waals surface area contributed by atoms with E-state index in [0.29, 0.717) is 6.07 Å². The number of alkyl halides is 3. The monoisotopic (exact) mass is 288 g/mol. The Balaban J connectivity index is 2.33. The van der Waals surface area contributed by atoms with E-state index in [4.69, 9.17) is 9.31 Å². The maximum absolute atomic E-state index is 12.5. The van der Waals surface area contributed by atoms with Crippen LogP contribution < -0.4 is 5.46 Å². The largest absolute Gasteiger partial charge is 0.508 e. The van der Waals surface area contributed by atoms with Crippen LogP contribution in [0.25, 0.3) is 0 Å². The zero-order valence-corrected chi connectivity index (χ0v) is 11.7. The molecule has 0 spiro atoms. The maximum atomic E-state index is 12.5. The first-order valence-electron chi connectivity index (χ1n) is 6.20. The van der Waals surface area contributed by atoms with E-state index in [1.165, 1.54) is 6.07 Å². The fourth-order valence-electron chi connectivity index (χ4n) is 1.89. The molecule has 0 atom stereocenters. The smallest absolute Gasteiger partial charge is 0.498 e. The van der Waals surface area contributed by atoms with Gasteiger partial charge in [-0.05, 0) is 33.8 Å². The van der Waals surface area contributed by atoms with E-state index >= 15 is 0 Å². The third-order valence-electron chi connectivity index (χ3n) is 3.86. The summed E-state index contributed by atoms with van der Waals surface area (Å²) >= 11 is 0. The van der Waals surface area contributed by atoms with Crippen LogP contribution in [-0.4, -0.2) is 23.4 Å². The number of halogens is 3. The molecule has 3 nitrogen and oxygen atoms in total. The van der Waals surface area contributed by atoms with E-state index < -0.39 is 35.8 Å². The molecule has 0 aliphatic carbocycles. The second-order valence-corrected chi connectivity index (χ2v) is 5.86. The third kappa shape index (κ3) is 2.52. The summed E-state index contributed by atoms with van der Waals surface area (Å²) in [5.41, 5.74) is -1.95. The van der Waals surface area contributed by atoms with Gasteiger partial charge in [0.15, 0.2) is 0 Å². The van der Waals surface area contributed by atoms with E-state index in [2.05, 4.69) is 0 Å². The lowest BCUT2D eigenvalue weighted by Gasteiger charge is -2.32. The summed E-state index contributed by atoms with van der Waals surface area (Å²) in [4.78, 5) is 0. The number of hydrogen-bond acceptors (Lipinski definition) is 3. The number of hydrogen-bond donors (Lipinski definition) is 1. The summed E-state index contributed by atoms with van der Waals surface area (Å²) in [7, 11) is -0.887. The number of phenolic OH excluding ortho intramolecular Hbond substituents is 1. The molecule has 1 aromatic carbocycles. The minimum absolute atomic E-state index is 0.191. The van der Waals surface area contributed by atoms with Crippen molar-refractivity contribution in [2.45, 2.75) is 45.1 Å². The molecule has 7 heteroatoms. The van der Waals surface area contributed by atoms with Crippen molar-refractivity contribution in [1.82, 2.24) is 0 Å². The van der Waals surface area contributed by atoms with Crippen molar-refractivity contribution in [1.29, 1.82) is 0 Å². The molecule has 0 radical (unpaired) electrons. The molecule has 1 heterocycles. The van der Waals surface area contributed by atoms with Crippen LogP contribution in [0.5, 0.6) is 5.75 Å².